The van der Waals surface area contributed by atoms with Gasteiger partial charge in [-0.2, -0.15) is 0 Å². The van der Waals surface area contributed by atoms with Crippen molar-refractivity contribution in [3.8, 4) is 22.6 Å². The van der Waals surface area contributed by atoms with Crippen LogP contribution in [-0.2, 0) is 12.8 Å². The van der Waals surface area contributed by atoms with Crippen LogP contribution in [0.15, 0.2) is 85.1 Å². The third-order valence-corrected chi connectivity index (χ3v) is 6.47. The number of nitrogens with one attached hydrogen (secondary N) is 2. The van der Waals surface area contributed by atoms with Crippen LogP contribution in [0.5, 0.6) is 11.5 Å². The van der Waals surface area contributed by atoms with Gasteiger partial charge in [0.25, 0.3) is 11.8 Å². The molecule has 0 bridgehead atoms. The van der Waals surface area contributed by atoms with Gasteiger partial charge in [0.05, 0.1) is 0 Å². The quantitative estimate of drug-likeness (QED) is 0.379. The Morgan fingerprint density at radius 3 is 2.51 bits per heavy atom. The SMILES string of the molecule is CNC(=O)c1cc(Oc2ccc3c(c2)CC(NC(=O)c2cccc(-c4ccc(F)cc4)c2)CC3)ccn1. The minimum atomic E-state index is -0.293. The molecule has 6 nitrogen and oxygen atoms in total. The van der Waals surface area contributed by atoms with Gasteiger partial charge < -0.3 is 15.4 Å². The Balaban J connectivity index is 1.27. The van der Waals surface area contributed by atoms with Gasteiger partial charge >= 0.3 is 0 Å². The molecule has 2 amide bonds. The van der Waals surface area contributed by atoms with Crippen LogP contribution in [-0.4, -0.2) is 29.9 Å². The number of rotatable bonds is 6. The first-order valence-corrected chi connectivity index (χ1v) is 12.1. The van der Waals surface area contributed by atoms with E-state index in [9.17, 15) is 14.0 Å². The number of aromatic nitrogens is 1. The van der Waals surface area contributed by atoms with Crippen LogP contribution in [0, 0.1) is 5.82 Å². The van der Waals surface area contributed by atoms with E-state index in [1.165, 1.54) is 23.9 Å². The van der Waals surface area contributed by atoms with E-state index in [0.717, 1.165) is 29.5 Å². The average molecular weight is 496 g/mol. The second-order valence-electron chi connectivity index (χ2n) is 8.99. The Morgan fingerprint density at radius 2 is 1.70 bits per heavy atom. The molecule has 186 valence electrons. The van der Waals surface area contributed by atoms with Crippen LogP contribution >= 0.6 is 0 Å². The fraction of sp³-hybridized carbons (Fsp3) is 0.167. The van der Waals surface area contributed by atoms with Gasteiger partial charge in [-0.1, -0.05) is 30.3 Å². The minimum Gasteiger partial charge on any atom is -0.457 e. The van der Waals surface area contributed by atoms with Crippen LogP contribution in [0.1, 0.15) is 38.4 Å². The number of ether oxygens (including phenoxy) is 1. The maximum Gasteiger partial charge on any atom is 0.269 e. The molecular formula is C30H26FN3O3. The molecule has 37 heavy (non-hydrogen) atoms. The first-order valence-electron chi connectivity index (χ1n) is 12.1. The molecule has 0 spiro atoms. The monoisotopic (exact) mass is 495 g/mol. The number of carbonyl (C=O) groups is 2. The van der Waals surface area contributed by atoms with E-state index in [0.29, 0.717) is 23.5 Å². The van der Waals surface area contributed by atoms with E-state index in [-0.39, 0.29) is 29.4 Å². The smallest absolute Gasteiger partial charge is 0.269 e. The summed E-state index contributed by atoms with van der Waals surface area (Å²) in [5.74, 6) is 0.473. The molecule has 1 atom stereocenters. The summed E-state index contributed by atoms with van der Waals surface area (Å²) in [5.41, 5.74) is 4.91. The molecule has 1 heterocycles. The van der Waals surface area contributed by atoms with Gasteiger partial charge in [0.15, 0.2) is 0 Å². The highest BCUT2D eigenvalue weighted by atomic mass is 19.1. The molecule has 1 aliphatic carbocycles. The summed E-state index contributed by atoms with van der Waals surface area (Å²) in [6, 6.07) is 22.8. The van der Waals surface area contributed by atoms with E-state index in [4.69, 9.17) is 4.74 Å². The van der Waals surface area contributed by atoms with Crippen LogP contribution in [0.4, 0.5) is 4.39 Å². The molecular weight excluding hydrogens is 469 g/mol. The van der Waals surface area contributed by atoms with Crippen molar-refractivity contribution in [2.24, 2.45) is 0 Å². The van der Waals surface area contributed by atoms with Crippen molar-refractivity contribution in [3.63, 3.8) is 0 Å². The van der Waals surface area contributed by atoms with Gasteiger partial charge in [-0.3, -0.25) is 14.6 Å². The lowest BCUT2D eigenvalue weighted by Gasteiger charge is -2.26. The van der Waals surface area contributed by atoms with E-state index in [2.05, 4.69) is 21.7 Å². The molecule has 7 heteroatoms. The minimum absolute atomic E-state index is 0.00879. The largest absolute Gasteiger partial charge is 0.457 e. The fourth-order valence-corrected chi connectivity index (χ4v) is 4.53. The zero-order valence-corrected chi connectivity index (χ0v) is 20.3. The van der Waals surface area contributed by atoms with E-state index in [1.807, 2.05) is 30.3 Å². The summed E-state index contributed by atoms with van der Waals surface area (Å²) in [6.45, 7) is 0. The normalized spacial score (nSPS) is 14.4. The van der Waals surface area contributed by atoms with Gasteiger partial charge in [-0.05, 0) is 84.0 Å². The first kappa shape index (κ1) is 24.2. The number of carbonyl (C=O) groups excluding carboxylic acids is 2. The molecule has 0 radical (unpaired) electrons. The Kier molecular flexibility index (Phi) is 6.94. The second-order valence-corrected chi connectivity index (χ2v) is 8.99. The van der Waals surface area contributed by atoms with Gasteiger partial charge in [-0.15, -0.1) is 0 Å². The molecule has 3 aromatic carbocycles. The first-order chi connectivity index (χ1) is 18.0. The van der Waals surface area contributed by atoms with Crippen LogP contribution < -0.4 is 15.4 Å². The van der Waals surface area contributed by atoms with Gasteiger partial charge in [0, 0.05) is 30.9 Å². The standard InChI is InChI=1S/C30H26FN3O3/c1-32-30(36)28-18-27(13-14-33-28)37-26-12-8-20-7-11-25(16-23(20)17-26)34-29(35)22-4-2-3-21(15-22)19-5-9-24(31)10-6-19/h2-6,8-10,12-15,17-18,25H,7,11,16H2,1H3,(H,32,36)(H,34,35). The summed E-state index contributed by atoms with van der Waals surface area (Å²) in [7, 11) is 1.55. The van der Waals surface area contributed by atoms with E-state index < -0.39 is 0 Å². The maximum atomic E-state index is 13.3. The van der Waals surface area contributed by atoms with E-state index >= 15 is 0 Å². The van der Waals surface area contributed by atoms with Gasteiger partial charge in [0.2, 0.25) is 0 Å². The zero-order chi connectivity index (χ0) is 25.8. The molecule has 5 rings (SSSR count). The summed E-state index contributed by atoms with van der Waals surface area (Å²) < 4.78 is 19.3. The van der Waals surface area contributed by atoms with Gasteiger partial charge in [-0.25, -0.2) is 4.39 Å². The molecule has 2 N–H and O–H groups in total. The lowest BCUT2D eigenvalue weighted by atomic mass is 9.88. The zero-order valence-electron chi connectivity index (χ0n) is 20.3. The highest BCUT2D eigenvalue weighted by molar-refractivity contribution is 5.95. The molecule has 1 aliphatic rings. The van der Waals surface area contributed by atoms with Crippen molar-refractivity contribution < 1.29 is 18.7 Å². The van der Waals surface area contributed by atoms with Crippen LogP contribution in [0.3, 0.4) is 0 Å². The van der Waals surface area contributed by atoms with E-state index in [1.54, 1.807) is 37.4 Å². The lowest BCUT2D eigenvalue weighted by Crippen LogP contribution is -2.38. The number of benzene rings is 3. The third kappa shape index (κ3) is 5.67. The summed E-state index contributed by atoms with van der Waals surface area (Å²) in [4.78, 5) is 29.0. The summed E-state index contributed by atoms with van der Waals surface area (Å²) >= 11 is 0. The number of amides is 2. The number of halogens is 1. The molecule has 0 saturated heterocycles. The van der Waals surface area contributed by atoms with Crippen molar-refractivity contribution in [1.82, 2.24) is 15.6 Å². The average Bonchev–Trinajstić information content (AvgIpc) is 2.93. The predicted molar refractivity (Wildman–Crippen MR) is 139 cm³/mol. The molecule has 0 fully saturated rings. The molecule has 4 aromatic rings. The number of hydrogen-bond acceptors (Lipinski definition) is 4. The maximum absolute atomic E-state index is 13.3. The van der Waals surface area contributed by atoms with Crippen molar-refractivity contribution >= 4 is 11.8 Å². The number of nitrogens with zero attached hydrogens (tertiary/aromatic N) is 1. The summed E-state index contributed by atoms with van der Waals surface area (Å²) in [6.07, 6.45) is 3.92. The van der Waals surface area contributed by atoms with Crippen LogP contribution in [0.25, 0.3) is 11.1 Å². The summed E-state index contributed by atoms with van der Waals surface area (Å²) in [5, 5.41) is 5.72. The molecule has 1 aromatic heterocycles. The number of pyridine rings is 1. The lowest BCUT2D eigenvalue weighted by molar-refractivity contribution is 0.0931. The van der Waals surface area contributed by atoms with Gasteiger partial charge in [0.1, 0.15) is 23.0 Å². The Labute approximate surface area is 214 Å². The third-order valence-electron chi connectivity index (χ3n) is 6.47. The highest BCUT2D eigenvalue weighted by Gasteiger charge is 2.22. The predicted octanol–water partition coefficient (Wildman–Crippen LogP) is 5.33. The van der Waals surface area contributed by atoms with Crippen molar-refractivity contribution in [1.29, 1.82) is 0 Å². The number of hydrogen-bond donors (Lipinski definition) is 2. The Bertz CT molecular complexity index is 1450. The number of fused-ring (bicyclic) bond motifs is 1. The molecule has 0 aliphatic heterocycles. The van der Waals surface area contributed by atoms with Crippen molar-refractivity contribution in [2.75, 3.05) is 7.05 Å². The second kappa shape index (κ2) is 10.6. The van der Waals surface area contributed by atoms with Crippen LogP contribution in [0.2, 0.25) is 0 Å². The van der Waals surface area contributed by atoms with Crippen molar-refractivity contribution in [2.45, 2.75) is 25.3 Å². The number of aryl methyl sites for hydroxylation is 1. The topological polar surface area (TPSA) is 80.3 Å². The highest BCUT2D eigenvalue weighted by Crippen LogP contribution is 2.29. The fourth-order valence-electron chi connectivity index (χ4n) is 4.53. The Hall–Kier alpha value is -4.52. The molecule has 1 unspecified atom stereocenters. The van der Waals surface area contributed by atoms with Crippen molar-refractivity contribution in [3.05, 3.63) is 113 Å². The molecule has 0 saturated carbocycles. The Morgan fingerprint density at radius 1 is 0.892 bits per heavy atom.